The molecular formula is C19H23N2OS+. The van der Waals surface area contributed by atoms with Gasteiger partial charge in [-0.05, 0) is 59.3 Å². The number of nitrogens with zero attached hydrogens (tertiary/aromatic N) is 1. The summed E-state index contributed by atoms with van der Waals surface area (Å²) in [6.07, 6.45) is 3.54. The van der Waals surface area contributed by atoms with E-state index in [9.17, 15) is 4.79 Å². The van der Waals surface area contributed by atoms with Crippen molar-refractivity contribution in [3.63, 3.8) is 0 Å². The van der Waals surface area contributed by atoms with Crippen LogP contribution in [-0.4, -0.2) is 37.0 Å². The molecule has 1 N–H and O–H groups in total. The number of thiophene rings is 1. The molecule has 1 aromatic heterocycles. The van der Waals surface area contributed by atoms with Gasteiger partial charge in [0.2, 0.25) is 0 Å². The third kappa shape index (κ3) is 3.19. The molecular weight excluding hydrogens is 304 g/mol. The maximum atomic E-state index is 12.7. The first-order valence-electron chi connectivity index (χ1n) is 8.55. The largest absolute Gasteiger partial charge is 0.328 e. The Kier molecular flexibility index (Phi) is 4.19. The Balaban J connectivity index is 1.37. The van der Waals surface area contributed by atoms with Gasteiger partial charge in [0, 0.05) is 11.1 Å². The maximum absolute atomic E-state index is 12.7. The lowest BCUT2D eigenvalue weighted by molar-refractivity contribution is -0.917. The highest BCUT2D eigenvalue weighted by Crippen LogP contribution is 2.23. The van der Waals surface area contributed by atoms with Gasteiger partial charge in [-0.3, -0.25) is 4.79 Å². The molecule has 1 aliphatic carbocycles. The fourth-order valence-corrected chi connectivity index (χ4v) is 4.44. The second kappa shape index (κ2) is 6.46. The van der Waals surface area contributed by atoms with Gasteiger partial charge in [0.25, 0.3) is 5.91 Å². The van der Waals surface area contributed by atoms with Gasteiger partial charge in [-0.2, -0.15) is 11.3 Å². The number of carbonyl (C=O) groups excluding carboxylic acids is 1. The summed E-state index contributed by atoms with van der Waals surface area (Å²) >= 11 is 1.76. The van der Waals surface area contributed by atoms with Gasteiger partial charge in [0.15, 0.2) is 0 Å². The number of benzene rings is 1. The average Bonchev–Trinajstić information content (AvgIpc) is 3.25. The molecule has 23 heavy (non-hydrogen) atoms. The molecule has 0 atom stereocenters. The summed E-state index contributed by atoms with van der Waals surface area (Å²) < 4.78 is 0. The third-order valence-electron chi connectivity index (χ3n) is 5.14. The zero-order valence-electron chi connectivity index (χ0n) is 13.4. The summed E-state index contributed by atoms with van der Waals surface area (Å²) in [5.74, 6) is 0.217. The average molecular weight is 327 g/mol. The number of carbonyl (C=O) groups is 1. The van der Waals surface area contributed by atoms with Crippen LogP contribution in [0.2, 0.25) is 0 Å². The number of hydrogen-bond donors (Lipinski definition) is 1. The summed E-state index contributed by atoms with van der Waals surface area (Å²) in [6.45, 7) is 4.92. The lowest BCUT2D eigenvalue weighted by atomic mass is 10.1. The molecule has 2 heterocycles. The number of piperazine rings is 1. The zero-order valence-corrected chi connectivity index (χ0v) is 14.2. The van der Waals surface area contributed by atoms with Crippen LogP contribution in [-0.2, 0) is 19.4 Å². The van der Waals surface area contributed by atoms with Crippen molar-refractivity contribution in [3.8, 4) is 0 Å². The van der Waals surface area contributed by atoms with Crippen molar-refractivity contribution >= 4 is 17.2 Å². The second-order valence-electron chi connectivity index (χ2n) is 6.69. The Morgan fingerprint density at radius 1 is 1.13 bits per heavy atom. The van der Waals surface area contributed by atoms with Crippen molar-refractivity contribution in [2.24, 2.45) is 0 Å². The zero-order chi connectivity index (χ0) is 15.6. The Morgan fingerprint density at radius 2 is 1.96 bits per heavy atom. The van der Waals surface area contributed by atoms with Crippen LogP contribution >= 0.6 is 11.3 Å². The lowest BCUT2D eigenvalue weighted by Gasteiger charge is -2.32. The highest BCUT2D eigenvalue weighted by molar-refractivity contribution is 7.07. The van der Waals surface area contributed by atoms with Crippen LogP contribution < -0.4 is 4.90 Å². The minimum absolute atomic E-state index is 0.217. The van der Waals surface area contributed by atoms with Crippen LogP contribution in [0.4, 0.5) is 0 Å². The molecule has 4 rings (SSSR count). The quantitative estimate of drug-likeness (QED) is 0.913. The van der Waals surface area contributed by atoms with E-state index in [2.05, 4.69) is 29.0 Å². The van der Waals surface area contributed by atoms with Gasteiger partial charge in [0.1, 0.15) is 6.54 Å². The smallest absolute Gasteiger partial charge is 0.254 e. The molecule has 0 spiro atoms. The van der Waals surface area contributed by atoms with Gasteiger partial charge in [-0.25, -0.2) is 0 Å². The van der Waals surface area contributed by atoms with Crippen LogP contribution in [0.15, 0.2) is 35.0 Å². The molecule has 2 aromatic rings. The molecule has 2 aliphatic rings. The normalized spacial score (nSPS) is 18.2. The molecule has 1 aliphatic heterocycles. The summed E-state index contributed by atoms with van der Waals surface area (Å²) in [7, 11) is 0. The maximum Gasteiger partial charge on any atom is 0.254 e. The predicted molar refractivity (Wildman–Crippen MR) is 93.1 cm³/mol. The number of nitrogens with one attached hydrogen (secondary N) is 1. The molecule has 0 radical (unpaired) electrons. The second-order valence-corrected chi connectivity index (χ2v) is 7.47. The first-order chi connectivity index (χ1) is 11.3. The summed E-state index contributed by atoms with van der Waals surface area (Å²) in [4.78, 5) is 16.4. The summed E-state index contributed by atoms with van der Waals surface area (Å²) in [6, 6.07) is 8.53. The first-order valence-corrected chi connectivity index (χ1v) is 9.49. The summed E-state index contributed by atoms with van der Waals surface area (Å²) in [5.41, 5.74) is 5.12. The van der Waals surface area contributed by atoms with Crippen molar-refractivity contribution in [2.75, 3.05) is 26.2 Å². The highest BCUT2D eigenvalue weighted by Gasteiger charge is 2.25. The topological polar surface area (TPSA) is 24.8 Å². The van der Waals surface area contributed by atoms with Crippen molar-refractivity contribution in [2.45, 2.75) is 25.8 Å². The molecule has 0 unspecified atom stereocenters. The van der Waals surface area contributed by atoms with Gasteiger partial charge < -0.3 is 9.80 Å². The monoisotopic (exact) mass is 327 g/mol. The van der Waals surface area contributed by atoms with Gasteiger partial charge in [0.05, 0.1) is 26.2 Å². The van der Waals surface area contributed by atoms with Crippen molar-refractivity contribution in [3.05, 3.63) is 57.3 Å². The van der Waals surface area contributed by atoms with Crippen LogP contribution in [0.5, 0.6) is 0 Å². The van der Waals surface area contributed by atoms with E-state index in [1.807, 2.05) is 11.0 Å². The minimum atomic E-state index is 0.217. The van der Waals surface area contributed by atoms with E-state index in [0.717, 1.165) is 44.7 Å². The van der Waals surface area contributed by atoms with Crippen LogP contribution in [0.1, 0.15) is 33.5 Å². The number of hydrogen-bond acceptors (Lipinski definition) is 2. The number of amides is 1. The Labute approximate surface area is 141 Å². The standard InChI is InChI=1S/C19H22N2OS/c22-19(18-5-4-16-2-1-3-17(16)12-18)21-9-7-20(8-10-21)13-15-6-11-23-14-15/h4-6,11-12,14H,1-3,7-10,13H2/p+1. The molecule has 0 saturated carbocycles. The van der Waals surface area contributed by atoms with Crippen molar-refractivity contribution < 1.29 is 9.69 Å². The third-order valence-corrected chi connectivity index (χ3v) is 5.87. The molecule has 1 saturated heterocycles. The molecule has 1 amide bonds. The lowest BCUT2D eigenvalue weighted by Crippen LogP contribution is -3.13. The van der Waals surface area contributed by atoms with E-state index in [4.69, 9.17) is 0 Å². The number of rotatable bonds is 3. The van der Waals surface area contributed by atoms with E-state index in [1.54, 1.807) is 16.2 Å². The van der Waals surface area contributed by atoms with E-state index in [0.29, 0.717) is 0 Å². The van der Waals surface area contributed by atoms with E-state index in [1.165, 1.54) is 29.5 Å². The van der Waals surface area contributed by atoms with E-state index in [-0.39, 0.29) is 5.91 Å². The van der Waals surface area contributed by atoms with E-state index < -0.39 is 0 Å². The minimum Gasteiger partial charge on any atom is -0.328 e. The van der Waals surface area contributed by atoms with Gasteiger partial charge >= 0.3 is 0 Å². The molecule has 1 fully saturated rings. The number of fused-ring (bicyclic) bond motifs is 1. The van der Waals surface area contributed by atoms with Crippen molar-refractivity contribution in [1.82, 2.24) is 4.90 Å². The molecule has 0 bridgehead atoms. The fraction of sp³-hybridized carbons (Fsp3) is 0.421. The number of aryl methyl sites for hydroxylation is 2. The van der Waals surface area contributed by atoms with E-state index >= 15 is 0 Å². The van der Waals surface area contributed by atoms with Gasteiger partial charge in [-0.15, -0.1) is 0 Å². The Hall–Kier alpha value is -1.65. The molecule has 4 heteroatoms. The predicted octanol–water partition coefficient (Wildman–Crippen LogP) is 1.78. The fourth-order valence-electron chi connectivity index (χ4n) is 3.77. The Morgan fingerprint density at radius 3 is 2.74 bits per heavy atom. The van der Waals surface area contributed by atoms with Crippen LogP contribution in [0.3, 0.4) is 0 Å². The molecule has 3 nitrogen and oxygen atoms in total. The van der Waals surface area contributed by atoms with Crippen molar-refractivity contribution in [1.29, 1.82) is 0 Å². The molecule has 120 valence electrons. The SMILES string of the molecule is O=C(c1ccc2c(c1)CCC2)N1CC[NH+](Cc2ccsc2)CC1. The first kappa shape index (κ1) is 14.9. The summed E-state index contributed by atoms with van der Waals surface area (Å²) in [5, 5.41) is 4.37. The number of quaternary nitrogens is 1. The molecule has 1 aromatic carbocycles. The van der Waals surface area contributed by atoms with Crippen LogP contribution in [0, 0.1) is 0 Å². The van der Waals surface area contributed by atoms with Gasteiger partial charge in [-0.1, -0.05) is 6.07 Å². The Bertz CT molecular complexity index is 687. The van der Waals surface area contributed by atoms with Crippen LogP contribution in [0.25, 0.3) is 0 Å². The highest BCUT2D eigenvalue weighted by atomic mass is 32.1.